The molecule has 0 atom stereocenters. The van der Waals surface area contributed by atoms with Crippen molar-refractivity contribution in [2.75, 3.05) is 0 Å². The van der Waals surface area contributed by atoms with Gasteiger partial charge in [-0.2, -0.15) is 8.78 Å². The van der Waals surface area contributed by atoms with Crippen LogP contribution >= 0.6 is 23.1 Å². The van der Waals surface area contributed by atoms with E-state index in [2.05, 4.69) is 4.98 Å². The van der Waals surface area contributed by atoms with E-state index in [1.54, 1.807) is 0 Å². The number of thioether (sulfide) groups is 1. The molecule has 0 spiro atoms. The van der Waals surface area contributed by atoms with Gasteiger partial charge in [0.1, 0.15) is 11.6 Å². The minimum atomic E-state index is -2.48. The largest absolute Gasteiger partial charge is 0.455 e. The lowest BCUT2D eigenvalue weighted by molar-refractivity contribution is 0.0472. The normalized spacial score (nSPS) is 11.1. The van der Waals surface area contributed by atoms with Crippen LogP contribution in [-0.2, 0) is 11.3 Å². The molecule has 0 saturated heterocycles. The van der Waals surface area contributed by atoms with Gasteiger partial charge in [0.2, 0.25) is 0 Å². The summed E-state index contributed by atoms with van der Waals surface area (Å²) in [5.74, 6) is -2.98. The molecule has 0 unspecified atom stereocenters. The maximum atomic E-state index is 12.2. The predicted octanol–water partition coefficient (Wildman–Crippen LogP) is 4.97. The number of fused-ring (bicyclic) bond motifs is 1. The molecular weight excluding hydrogens is 340 g/mol. The summed E-state index contributed by atoms with van der Waals surface area (Å²) in [5.41, 5.74) is 1.20. The van der Waals surface area contributed by atoms with Gasteiger partial charge in [-0.15, -0.1) is 11.3 Å². The van der Waals surface area contributed by atoms with Gasteiger partial charge in [0, 0.05) is 4.90 Å². The smallest absolute Gasteiger partial charge is 0.338 e. The molecule has 0 radical (unpaired) electrons. The van der Waals surface area contributed by atoms with Crippen LogP contribution in [0.15, 0.2) is 53.4 Å². The number of nitrogens with zero attached hydrogens (tertiary/aromatic N) is 1. The topological polar surface area (TPSA) is 39.2 Å². The highest BCUT2D eigenvalue weighted by molar-refractivity contribution is 7.99. The Morgan fingerprint density at radius 2 is 1.91 bits per heavy atom. The Labute approximate surface area is 139 Å². The Morgan fingerprint density at radius 3 is 2.61 bits per heavy atom. The number of esters is 1. The second-order valence-electron chi connectivity index (χ2n) is 4.55. The molecule has 7 heteroatoms. The minimum Gasteiger partial charge on any atom is -0.455 e. The molecule has 3 aromatic rings. The van der Waals surface area contributed by atoms with Crippen LogP contribution in [0.3, 0.4) is 0 Å². The summed E-state index contributed by atoms with van der Waals surface area (Å²) >= 11 is 1.91. The Hall–Kier alpha value is -1.99. The zero-order valence-corrected chi connectivity index (χ0v) is 13.4. The Morgan fingerprint density at radius 1 is 1.17 bits per heavy atom. The molecule has 3 nitrogen and oxygen atoms in total. The van der Waals surface area contributed by atoms with Crippen LogP contribution in [0.5, 0.6) is 0 Å². The third kappa shape index (κ3) is 4.05. The predicted molar refractivity (Wildman–Crippen MR) is 87.0 cm³/mol. The molecule has 1 aromatic heterocycles. The quantitative estimate of drug-likeness (QED) is 0.481. The Kier molecular flexibility index (Phi) is 4.88. The molecule has 0 bridgehead atoms. The fourth-order valence-corrected chi connectivity index (χ4v) is 3.34. The van der Waals surface area contributed by atoms with Gasteiger partial charge in [0.15, 0.2) is 0 Å². The third-order valence-corrected chi connectivity index (χ3v) is 4.71. The average Bonchev–Trinajstić information content (AvgIpc) is 2.95. The van der Waals surface area contributed by atoms with Crippen LogP contribution in [-0.4, -0.2) is 16.7 Å². The fraction of sp³-hybridized carbons (Fsp3) is 0.125. The van der Waals surface area contributed by atoms with Crippen LogP contribution in [0, 0.1) is 0 Å². The van der Waals surface area contributed by atoms with Crippen LogP contribution in [0.4, 0.5) is 8.78 Å². The van der Waals surface area contributed by atoms with E-state index >= 15 is 0 Å². The van der Waals surface area contributed by atoms with Crippen molar-refractivity contribution in [2.45, 2.75) is 17.3 Å². The van der Waals surface area contributed by atoms with Gasteiger partial charge < -0.3 is 4.74 Å². The molecule has 23 heavy (non-hydrogen) atoms. The molecular formula is C16H11F2NO2S2. The highest BCUT2D eigenvalue weighted by atomic mass is 32.2. The SMILES string of the molecule is O=C(OCc1nc2ccccc2s1)c1ccc(SC(F)F)cc1. The van der Waals surface area contributed by atoms with Crippen molar-refractivity contribution in [1.82, 2.24) is 4.98 Å². The molecule has 0 aliphatic heterocycles. The summed E-state index contributed by atoms with van der Waals surface area (Å²) in [6, 6.07) is 13.6. The first kappa shape index (κ1) is 15.9. The number of alkyl halides is 2. The van der Waals surface area contributed by atoms with Gasteiger partial charge in [-0.05, 0) is 36.4 Å². The van der Waals surface area contributed by atoms with Crippen LogP contribution in [0.1, 0.15) is 15.4 Å². The standard InChI is InChI=1S/C16H11F2NO2S2/c17-16(18)22-11-7-5-10(6-8-11)15(20)21-9-14-19-12-3-1-2-4-13(12)23-14/h1-8,16H,9H2. The van der Waals surface area contributed by atoms with Crippen molar-refractivity contribution in [3.8, 4) is 0 Å². The van der Waals surface area contributed by atoms with E-state index in [4.69, 9.17) is 4.74 Å². The van der Waals surface area contributed by atoms with Gasteiger partial charge in [-0.3, -0.25) is 0 Å². The summed E-state index contributed by atoms with van der Waals surface area (Å²) in [6.45, 7) is 0.0890. The molecule has 0 fully saturated rings. The van der Waals surface area contributed by atoms with Crippen molar-refractivity contribution >= 4 is 39.3 Å². The highest BCUT2D eigenvalue weighted by Crippen LogP contribution is 2.25. The molecule has 3 rings (SSSR count). The van der Waals surface area contributed by atoms with E-state index in [1.165, 1.54) is 35.6 Å². The van der Waals surface area contributed by atoms with Gasteiger partial charge in [-0.25, -0.2) is 9.78 Å². The van der Waals surface area contributed by atoms with Gasteiger partial charge >= 0.3 is 5.97 Å². The van der Waals surface area contributed by atoms with Gasteiger partial charge in [0.05, 0.1) is 15.8 Å². The second-order valence-corrected chi connectivity index (χ2v) is 6.73. The van der Waals surface area contributed by atoms with Crippen molar-refractivity contribution in [3.63, 3.8) is 0 Å². The lowest BCUT2D eigenvalue weighted by atomic mass is 10.2. The maximum Gasteiger partial charge on any atom is 0.338 e. The summed E-state index contributed by atoms with van der Waals surface area (Å²) in [5, 5.41) is 0.712. The number of para-hydroxylation sites is 1. The molecule has 0 N–H and O–H groups in total. The van der Waals surface area contributed by atoms with Crippen molar-refractivity contribution in [1.29, 1.82) is 0 Å². The Balaban J connectivity index is 1.62. The van der Waals surface area contributed by atoms with E-state index in [1.807, 2.05) is 24.3 Å². The molecule has 0 aliphatic rings. The van der Waals surface area contributed by atoms with Crippen molar-refractivity contribution < 1.29 is 18.3 Å². The molecule has 0 saturated carbocycles. The van der Waals surface area contributed by atoms with E-state index in [9.17, 15) is 13.6 Å². The second kappa shape index (κ2) is 7.06. The van der Waals surface area contributed by atoms with Crippen molar-refractivity contribution in [2.24, 2.45) is 0 Å². The first-order chi connectivity index (χ1) is 11.1. The molecule has 2 aromatic carbocycles. The summed E-state index contributed by atoms with van der Waals surface area (Å²) in [6.07, 6.45) is 0. The van der Waals surface area contributed by atoms with Crippen LogP contribution < -0.4 is 0 Å². The zero-order valence-electron chi connectivity index (χ0n) is 11.7. The van der Waals surface area contributed by atoms with Gasteiger partial charge in [-0.1, -0.05) is 23.9 Å². The van der Waals surface area contributed by atoms with Crippen molar-refractivity contribution in [3.05, 3.63) is 59.1 Å². The first-order valence-corrected chi connectivity index (χ1v) is 8.38. The lowest BCUT2D eigenvalue weighted by Gasteiger charge is -2.04. The van der Waals surface area contributed by atoms with E-state index in [-0.39, 0.29) is 6.61 Å². The van der Waals surface area contributed by atoms with Gasteiger partial charge in [0.25, 0.3) is 5.76 Å². The zero-order chi connectivity index (χ0) is 16.2. The van der Waals surface area contributed by atoms with E-state index in [0.717, 1.165) is 10.2 Å². The number of ether oxygens (including phenoxy) is 1. The van der Waals surface area contributed by atoms with E-state index in [0.29, 0.717) is 27.2 Å². The number of carbonyl (C=O) groups excluding carboxylic acids is 1. The first-order valence-electron chi connectivity index (χ1n) is 6.68. The number of thiazole rings is 1. The van der Waals surface area contributed by atoms with Crippen LogP contribution in [0.25, 0.3) is 10.2 Å². The fourth-order valence-electron chi connectivity index (χ4n) is 1.96. The summed E-state index contributed by atoms with van der Waals surface area (Å²) in [7, 11) is 0. The number of hydrogen-bond acceptors (Lipinski definition) is 5. The van der Waals surface area contributed by atoms with Crippen LogP contribution in [0.2, 0.25) is 0 Å². The molecule has 0 aliphatic carbocycles. The maximum absolute atomic E-state index is 12.2. The third-order valence-electron chi connectivity index (χ3n) is 2.98. The Bertz CT molecular complexity index is 785. The average molecular weight is 351 g/mol. The highest BCUT2D eigenvalue weighted by Gasteiger charge is 2.11. The minimum absolute atomic E-state index is 0.0890. The monoisotopic (exact) mass is 351 g/mol. The number of aromatic nitrogens is 1. The number of halogens is 2. The molecule has 0 amide bonds. The number of rotatable bonds is 5. The summed E-state index contributed by atoms with van der Waals surface area (Å²) in [4.78, 5) is 16.8. The molecule has 118 valence electrons. The number of carbonyl (C=O) groups is 1. The van der Waals surface area contributed by atoms with E-state index < -0.39 is 11.7 Å². The molecule has 1 heterocycles. The lowest BCUT2D eigenvalue weighted by Crippen LogP contribution is -2.04. The number of benzene rings is 2. The number of hydrogen-bond donors (Lipinski definition) is 0. The summed E-state index contributed by atoms with van der Waals surface area (Å²) < 4.78 is 30.7.